The van der Waals surface area contributed by atoms with Gasteiger partial charge in [0.15, 0.2) is 0 Å². The van der Waals surface area contributed by atoms with Gasteiger partial charge in [-0.05, 0) is 19.4 Å². The summed E-state index contributed by atoms with van der Waals surface area (Å²) >= 11 is 0. The third-order valence-electron chi connectivity index (χ3n) is 1.76. The summed E-state index contributed by atoms with van der Waals surface area (Å²) in [6, 6.07) is 0. The van der Waals surface area contributed by atoms with Gasteiger partial charge in [-0.1, -0.05) is 0 Å². The van der Waals surface area contributed by atoms with Crippen molar-refractivity contribution in [2.45, 2.75) is 26.4 Å². The quantitative estimate of drug-likeness (QED) is 0.679. The Labute approximate surface area is 66.7 Å². The molecule has 0 saturated heterocycles. The van der Waals surface area contributed by atoms with E-state index in [4.69, 9.17) is 5.11 Å². The molecule has 0 bridgehead atoms. The molecule has 1 rings (SSSR count). The van der Waals surface area contributed by atoms with Crippen LogP contribution in [0.3, 0.4) is 0 Å². The van der Waals surface area contributed by atoms with Crippen LogP contribution in [0.1, 0.15) is 18.2 Å². The first kappa shape index (κ1) is 8.27. The fraction of sp³-hybridized carbons (Fsp3) is 0.625. The van der Waals surface area contributed by atoms with Crippen molar-refractivity contribution in [3.63, 3.8) is 0 Å². The Bertz CT molecular complexity index is 221. The van der Waals surface area contributed by atoms with Crippen LogP contribution < -0.4 is 0 Å². The normalized spacial score (nSPS) is 13.5. The van der Waals surface area contributed by atoms with E-state index in [9.17, 15) is 0 Å². The Morgan fingerprint density at radius 3 is 2.73 bits per heavy atom. The summed E-state index contributed by atoms with van der Waals surface area (Å²) in [5.41, 5.74) is 2.26. The third kappa shape index (κ3) is 1.80. The van der Waals surface area contributed by atoms with Crippen molar-refractivity contribution in [3.05, 3.63) is 17.5 Å². The van der Waals surface area contributed by atoms with Gasteiger partial charge in [-0.25, -0.2) is 0 Å². The predicted octanol–water partition coefficient (Wildman–Crippen LogP) is 0.652. The molecule has 0 spiro atoms. The molecule has 0 fully saturated rings. The summed E-state index contributed by atoms with van der Waals surface area (Å²) in [6.07, 6.45) is 2.21. The molecule has 0 unspecified atom stereocenters. The van der Waals surface area contributed by atoms with Crippen molar-refractivity contribution in [2.75, 3.05) is 0 Å². The van der Waals surface area contributed by atoms with E-state index in [1.807, 2.05) is 24.9 Å². The maximum Gasteiger partial charge on any atom is 0.0567 e. The maximum absolute atomic E-state index is 9.13. The molecule has 1 atom stereocenters. The van der Waals surface area contributed by atoms with Crippen LogP contribution in [0.25, 0.3) is 0 Å². The number of aryl methyl sites for hydroxylation is 2. The van der Waals surface area contributed by atoms with Crippen molar-refractivity contribution >= 4 is 0 Å². The number of aromatic nitrogens is 2. The maximum atomic E-state index is 9.13. The Morgan fingerprint density at radius 1 is 1.73 bits per heavy atom. The summed E-state index contributed by atoms with van der Waals surface area (Å²) in [4.78, 5) is 0. The predicted molar refractivity (Wildman–Crippen MR) is 43.3 cm³/mol. The van der Waals surface area contributed by atoms with E-state index in [1.54, 1.807) is 6.92 Å². The zero-order valence-electron chi connectivity index (χ0n) is 7.20. The number of hydrogen-bond donors (Lipinski definition) is 1. The minimum Gasteiger partial charge on any atom is -0.393 e. The average Bonchev–Trinajstić information content (AvgIpc) is 2.18. The van der Waals surface area contributed by atoms with Gasteiger partial charge in [0.25, 0.3) is 0 Å². The van der Waals surface area contributed by atoms with Crippen LogP contribution in [0.15, 0.2) is 6.20 Å². The highest BCUT2D eigenvalue weighted by Crippen LogP contribution is 2.07. The Hall–Kier alpha value is -0.830. The topological polar surface area (TPSA) is 38.0 Å². The molecule has 0 aliphatic heterocycles. The minimum atomic E-state index is -0.288. The second-order valence-electron chi connectivity index (χ2n) is 2.95. The molecule has 11 heavy (non-hydrogen) atoms. The molecular formula is C8H14N2O. The average molecular weight is 154 g/mol. The molecule has 0 amide bonds. The van der Waals surface area contributed by atoms with Gasteiger partial charge in [-0.15, -0.1) is 0 Å². The number of aliphatic hydroxyl groups excluding tert-OH is 1. The van der Waals surface area contributed by atoms with E-state index in [0.29, 0.717) is 6.42 Å². The molecule has 3 nitrogen and oxygen atoms in total. The van der Waals surface area contributed by atoms with Crippen LogP contribution in [-0.2, 0) is 13.5 Å². The van der Waals surface area contributed by atoms with Crippen LogP contribution in [0, 0.1) is 6.92 Å². The molecule has 1 N–H and O–H groups in total. The molecule has 3 heteroatoms. The lowest BCUT2D eigenvalue weighted by molar-refractivity contribution is 0.192. The molecule has 1 aromatic rings. The fourth-order valence-electron chi connectivity index (χ4n) is 1.15. The van der Waals surface area contributed by atoms with Gasteiger partial charge in [-0.3, -0.25) is 4.68 Å². The second-order valence-corrected chi connectivity index (χ2v) is 2.95. The molecule has 1 heterocycles. The third-order valence-corrected chi connectivity index (χ3v) is 1.76. The Morgan fingerprint density at radius 2 is 2.36 bits per heavy atom. The first-order valence-corrected chi connectivity index (χ1v) is 3.77. The Kier molecular flexibility index (Phi) is 2.29. The number of hydrogen-bond acceptors (Lipinski definition) is 2. The second kappa shape index (κ2) is 3.05. The zero-order chi connectivity index (χ0) is 8.43. The highest BCUT2D eigenvalue weighted by atomic mass is 16.3. The molecule has 62 valence electrons. The van der Waals surface area contributed by atoms with Crippen molar-refractivity contribution in [2.24, 2.45) is 7.05 Å². The zero-order valence-corrected chi connectivity index (χ0v) is 7.20. The number of aliphatic hydroxyl groups is 1. The van der Waals surface area contributed by atoms with Crippen LogP contribution in [0.2, 0.25) is 0 Å². The largest absolute Gasteiger partial charge is 0.393 e. The first-order valence-electron chi connectivity index (χ1n) is 3.77. The van der Waals surface area contributed by atoms with Gasteiger partial charge >= 0.3 is 0 Å². The monoisotopic (exact) mass is 154 g/mol. The van der Waals surface area contributed by atoms with Gasteiger partial charge < -0.3 is 5.11 Å². The summed E-state index contributed by atoms with van der Waals surface area (Å²) < 4.78 is 1.81. The number of nitrogens with zero attached hydrogens (tertiary/aromatic N) is 2. The van der Waals surface area contributed by atoms with Gasteiger partial charge in [0.05, 0.1) is 12.3 Å². The summed E-state index contributed by atoms with van der Waals surface area (Å²) in [7, 11) is 1.89. The standard InChI is InChI=1S/C8H14N2O/c1-6-5-9-10(3)8(6)4-7(2)11/h5,7,11H,4H2,1-3H3/t7-/m0/s1. The molecule has 0 aliphatic rings. The van der Waals surface area contributed by atoms with Crippen LogP contribution in [0.4, 0.5) is 0 Å². The Balaban J connectivity index is 2.83. The van der Waals surface area contributed by atoms with Crippen LogP contribution in [0.5, 0.6) is 0 Å². The molecule has 0 aromatic carbocycles. The lowest BCUT2D eigenvalue weighted by Crippen LogP contribution is -2.09. The van der Waals surface area contributed by atoms with Crippen LogP contribution in [-0.4, -0.2) is 21.0 Å². The van der Waals surface area contributed by atoms with E-state index < -0.39 is 0 Å². The first-order chi connectivity index (χ1) is 5.11. The number of rotatable bonds is 2. The molecule has 0 aliphatic carbocycles. The van der Waals surface area contributed by atoms with E-state index in [0.717, 1.165) is 11.3 Å². The molecule has 0 radical (unpaired) electrons. The van der Waals surface area contributed by atoms with Crippen molar-refractivity contribution in [3.8, 4) is 0 Å². The fourth-order valence-corrected chi connectivity index (χ4v) is 1.15. The van der Waals surface area contributed by atoms with Crippen molar-refractivity contribution in [1.29, 1.82) is 0 Å². The van der Waals surface area contributed by atoms with E-state index in [1.165, 1.54) is 0 Å². The van der Waals surface area contributed by atoms with Crippen molar-refractivity contribution in [1.82, 2.24) is 9.78 Å². The van der Waals surface area contributed by atoms with Crippen molar-refractivity contribution < 1.29 is 5.11 Å². The van der Waals surface area contributed by atoms with Crippen LogP contribution >= 0.6 is 0 Å². The summed E-state index contributed by atoms with van der Waals surface area (Å²) in [5.74, 6) is 0. The highest BCUT2D eigenvalue weighted by molar-refractivity contribution is 5.15. The van der Waals surface area contributed by atoms with Gasteiger partial charge in [0.2, 0.25) is 0 Å². The highest BCUT2D eigenvalue weighted by Gasteiger charge is 2.06. The van der Waals surface area contributed by atoms with E-state index in [-0.39, 0.29) is 6.10 Å². The van der Waals surface area contributed by atoms with E-state index in [2.05, 4.69) is 5.10 Å². The van der Waals surface area contributed by atoms with Gasteiger partial charge in [0, 0.05) is 19.2 Å². The molecule has 1 aromatic heterocycles. The van der Waals surface area contributed by atoms with Gasteiger partial charge in [0.1, 0.15) is 0 Å². The smallest absolute Gasteiger partial charge is 0.0567 e. The van der Waals surface area contributed by atoms with E-state index >= 15 is 0 Å². The SMILES string of the molecule is Cc1cnn(C)c1C[C@H](C)O. The molecular weight excluding hydrogens is 140 g/mol. The summed E-state index contributed by atoms with van der Waals surface area (Å²) in [6.45, 7) is 3.79. The van der Waals surface area contributed by atoms with Gasteiger partial charge in [-0.2, -0.15) is 5.10 Å². The lowest BCUT2D eigenvalue weighted by atomic mass is 10.1. The minimum absolute atomic E-state index is 0.288. The summed E-state index contributed by atoms with van der Waals surface area (Å²) in [5, 5.41) is 13.2. The lowest BCUT2D eigenvalue weighted by Gasteiger charge is -2.05. The molecule has 0 saturated carbocycles.